The van der Waals surface area contributed by atoms with E-state index in [9.17, 15) is 14.7 Å². The molecule has 0 aliphatic carbocycles. The molecule has 2 aromatic carbocycles. The Morgan fingerprint density at radius 2 is 0.817 bits per heavy atom. The number of unbranched alkanes of at least 4 members (excludes halogenated alkanes) is 22. The topological polar surface area (TPSA) is 91.7 Å². The molecule has 0 bridgehead atoms. The van der Waals surface area contributed by atoms with Crippen LogP contribution in [0.25, 0.3) is 0 Å². The summed E-state index contributed by atoms with van der Waals surface area (Å²) in [6, 6.07) is 13.4. The van der Waals surface area contributed by atoms with E-state index in [1.807, 2.05) is 30.3 Å². The zero-order valence-electron chi connectivity index (χ0n) is 40.2. The number of hydrogen-bond acceptors (Lipinski definition) is 5. The fraction of sp³-hybridized carbons (Fsp3) is 0.741. The molecule has 2 rings (SSSR count). The quantitative estimate of drug-likeness (QED) is 0.0415. The summed E-state index contributed by atoms with van der Waals surface area (Å²) in [7, 11) is 0. The van der Waals surface area contributed by atoms with Gasteiger partial charge in [0.05, 0.1) is 0 Å². The second-order valence-electron chi connectivity index (χ2n) is 19.2. The summed E-state index contributed by atoms with van der Waals surface area (Å²) in [4.78, 5) is 27.9. The molecule has 0 aliphatic rings. The Morgan fingerprint density at radius 1 is 0.500 bits per heavy atom. The van der Waals surface area contributed by atoms with Crippen LogP contribution >= 0.6 is 0 Å². The van der Waals surface area contributed by atoms with Gasteiger partial charge in [-0.25, -0.2) is 0 Å². The molecule has 0 unspecified atom stereocenters. The SMILES string of the molecule is CC(C)CCCCCCCCCCCCCCC(=O)c1ccc(O)c(C(C)(C)c2ccccc2)c1C(=O)CCCCCCCCCCCCCCC(C)C.CC(C)O.[O]=[Ti]. The molecule has 0 heterocycles. The molecule has 2 N–H and O–H groups in total. The van der Waals surface area contributed by atoms with Gasteiger partial charge in [-0.1, -0.05) is 226 Å². The molecule has 5 nitrogen and oxygen atoms in total. The summed E-state index contributed by atoms with van der Waals surface area (Å²) in [6.45, 7) is 16.8. The molecular weight excluding hydrogens is 776 g/mol. The maximum absolute atomic E-state index is 14.1. The molecule has 0 spiro atoms. The number of aliphatic hydroxyl groups excluding tert-OH is 1. The molecule has 6 heteroatoms. The van der Waals surface area contributed by atoms with Gasteiger partial charge in [0, 0.05) is 41.1 Å². The van der Waals surface area contributed by atoms with E-state index < -0.39 is 5.41 Å². The number of phenols is 1. The van der Waals surface area contributed by atoms with E-state index in [-0.39, 0.29) is 23.4 Å². The van der Waals surface area contributed by atoms with Gasteiger partial charge in [0.2, 0.25) is 0 Å². The predicted octanol–water partition coefficient (Wildman–Crippen LogP) is 16.6. The van der Waals surface area contributed by atoms with E-state index in [2.05, 4.69) is 41.5 Å². The number of hydrogen-bond donors (Lipinski definition) is 2. The van der Waals surface area contributed by atoms with Crippen LogP contribution < -0.4 is 0 Å². The van der Waals surface area contributed by atoms with Gasteiger partial charge in [-0.15, -0.1) is 0 Å². The normalized spacial score (nSPS) is 11.4. The van der Waals surface area contributed by atoms with E-state index in [0.29, 0.717) is 29.5 Å². The van der Waals surface area contributed by atoms with Crippen LogP contribution in [0.3, 0.4) is 0 Å². The molecular formula is C54H92O5Ti. The summed E-state index contributed by atoms with van der Waals surface area (Å²) in [5, 5.41) is 19.4. The number of phenolic OH excluding ortho intramolecular Hbond substituents is 1. The summed E-state index contributed by atoms with van der Waals surface area (Å²) < 4.78 is 8.25. The van der Waals surface area contributed by atoms with Gasteiger partial charge in [0.15, 0.2) is 11.6 Å². The van der Waals surface area contributed by atoms with Crippen LogP contribution in [0, 0.1) is 11.8 Å². The average Bonchev–Trinajstić information content (AvgIpc) is 3.21. The van der Waals surface area contributed by atoms with Gasteiger partial charge < -0.3 is 10.2 Å². The predicted molar refractivity (Wildman–Crippen MR) is 252 cm³/mol. The van der Waals surface area contributed by atoms with Gasteiger partial charge in [0.1, 0.15) is 5.75 Å². The van der Waals surface area contributed by atoms with Crippen molar-refractivity contribution in [2.45, 2.75) is 247 Å². The Morgan fingerprint density at radius 3 is 1.17 bits per heavy atom. The molecule has 0 fully saturated rings. The number of carbonyl (C=O) groups excluding carboxylic acids is 2. The molecule has 2 aromatic rings. The second-order valence-corrected chi connectivity index (χ2v) is 19.2. The van der Waals surface area contributed by atoms with E-state index in [4.69, 9.17) is 8.43 Å². The summed E-state index contributed by atoms with van der Waals surface area (Å²) in [6.07, 6.45) is 33.6. The summed E-state index contributed by atoms with van der Waals surface area (Å²) >= 11 is 0.750. The van der Waals surface area contributed by atoms with Crippen molar-refractivity contribution in [3.63, 3.8) is 0 Å². The monoisotopic (exact) mass is 869 g/mol. The molecule has 0 radical (unpaired) electrons. The minimum absolute atomic E-state index is 0.00258. The molecule has 0 saturated heterocycles. The fourth-order valence-corrected chi connectivity index (χ4v) is 8.22. The van der Waals surface area contributed by atoms with Crippen molar-refractivity contribution in [1.82, 2.24) is 0 Å². The molecule has 0 amide bonds. The van der Waals surface area contributed by atoms with Crippen LogP contribution in [0.15, 0.2) is 42.5 Å². The molecule has 0 aromatic heterocycles. The van der Waals surface area contributed by atoms with Crippen LogP contribution in [0.1, 0.15) is 267 Å². The summed E-state index contributed by atoms with van der Waals surface area (Å²) in [5.41, 5.74) is 1.94. The van der Waals surface area contributed by atoms with Crippen LogP contribution in [0.4, 0.5) is 0 Å². The standard InChI is InChI=1S/C51H84O3.C3H8O.O.Ti/c1-42(2)34-28-23-19-15-11-7-9-13-17-21-25-32-38-46(52)45-40-41-48(54)50(51(5,6)44-36-30-27-31-37-44)49(45)47(53)39-33-26-22-18-14-10-8-12-16-20-24-29-35-43(3)4;1-3(2)4;;/h27,30-31,36-37,40-43,54H,7-26,28-29,32-35,38-39H2,1-6H3;3-4H,1-2H3;;. The zero-order valence-corrected chi connectivity index (χ0v) is 41.8. The number of carbonyl (C=O) groups is 2. The molecule has 0 saturated carbocycles. The number of benzene rings is 2. The van der Waals surface area contributed by atoms with E-state index in [1.54, 1.807) is 26.0 Å². The zero-order chi connectivity index (χ0) is 45.0. The van der Waals surface area contributed by atoms with Crippen molar-refractivity contribution in [2.75, 3.05) is 0 Å². The van der Waals surface area contributed by atoms with Crippen molar-refractivity contribution >= 4 is 11.6 Å². The molecule has 342 valence electrons. The third-order valence-electron chi connectivity index (χ3n) is 11.8. The third-order valence-corrected chi connectivity index (χ3v) is 11.8. The van der Waals surface area contributed by atoms with Crippen molar-refractivity contribution < 1.29 is 43.5 Å². The Kier molecular flexibility index (Phi) is 36.4. The maximum atomic E-state index is 14.1. The molecule has 0 atom stereocenters. The molecule has 0 aliphatic heterocycles. The first-order chi connectivity index (χ1) is 28.8. The molecule has 60 heavy (non-hydrogen) atoms. The Hall–Kier alpha value is -1.95. The van der Waals surface area contributed by atoms with Gasteiger partial charge >= 0.3 is 23.7 Å². The Bertz CT molecular complexity index is 1330. The van der Waals surface area contributed by atoms with Crippen molar-refractivity contribution in [1.29, 1.82) is 0 Å². The summed E-state index contributed by atoms with van der Waals surface area (Å²) in [5.74, 6) is 1.80. The first-order valence-corrected chi connectivity index (χ1v) is 25.3. The first-order valence-electron chi connectivity index (χ1n) is 24.7. The van der Waals surface area contributed by atoms with E-state index >= 15 is 0 Å². The van der Waals surface area contributed by atoms with Crippen molar-refractivity contribution in [2.24, 2.45) is 11.8 Å². The Balaban J connectivity index is 0.00000545. The number of rotatable bonds is 34. The van der Waals surface area contributed by atoms with Crippen molar-refractivity contribution in [3.8, 4) is 5.75 Å². The number of aromatic hydroxyl groups is 1. The number of aliphatic hydroxyl groups is 1. The van der Waals surface area contributed by atoms with Crippen LogP contribution in [-0.4, -0.2) is 27.9 Å². The third kappa shape index (κ3) is 28.6. The van der Waals surface area contributed by atoms with Gasteiger partial charge in [-0.3, -0.25) is 9.59 Å². The second kappa shape index (κ2) is 37.6. The first kappa shape index (κ1) is 58.1. The van der Waals surface area contributed by atoms with Crippen LogP contribution in [-0.2, 0) is 29.1 Å². The van der Waals surface area contributed by atoms with Crippen LogP contribution in [0.5, 0.6) is 5.75 Å². The minimum atomic E-state index is -0.630. The van der Waals surface area contributed by atoms with Crippen molar-refractivity contribution in [3.05, 3.63) is 64.7 Å². The van der Waals surface area contributed by atoms with E-state index in [0.717, 1.165) is 76.3 Å². The fourth-order valence-electron chi connectivity index (χ4n) is 8.22. The van der Waals surface area contributed by atoms with Crippen LogP contribution in [0.2, 0.25) is 0 Å². The van der Waals surface area contributed by atoms with Gasteiger partial charge in [0.25, 0.3) is 0 Å². The van der Waals surface area contributed by atoms with Gasteiger partial charge in [-0.05, 0) is 56.2 Å². The Labute approximate surface area is 382 Å². The van der Waals surface area contributed by atoms with Gasteiger partial charge in [-0.2, -0.15) is 0 Å². The average molecular weight is 869 g/mol. The van der Waals surface area contributed by atoms with E-state index in [1.165, 1.54) is 128 Å². The number of Topliss-reactive ketones (excluding diaryl/α,β-unsaturated/α-hetero) is 2. The number of ketones is 2.